The zero-order valence-electron chi connectivity index (χ0n) is 13.6. The lowest BCUT2D eigenvalue weighted by Gasteiger charge is -2.28. The number of H-pyrrole nitrogens is 1. The molecule has 2 atom stereocenters. The average Bonchev–Trinajstić information content (AvgIpc) is 2.79. The van der Waals surface area contributed by atoms with Gasteiger partial charge in [0, 0.05) is 32.3 Å². The number of carbonyl (C=O) groups is 1. The van der Waals surface area contributed by atoms with Crippen molar-refractivity contribution in [3.8, 4) is 0 Å². The number of carbonyl (C=O) groups excluding carboxylic acids is 1. The van der Waals surface area contributed by atoms with E-state index in [4.69, 9.17) is 4.74 Å². The first-order valence-corrected chi connectivity index (χ1v) is 7.86. The largest absolute Gasteiger partial charge is 0.376 e. The first kappa shape index (κ1) is 16.0. The van der Waals surface area contributed by atoms with Crippen LogP contribution in [-0.4, -0.2) is 47.3 Å². The Morgan fingerprint density at radius 2 is 2.24 bits per heavy atom. The number of ether oxygens (including phenoxy) is 1. The van der Waals surface area contributed by atoms with Crippen LogP contribution in [0.25, 0.3) is 0 Å². The van der Waals surface area contributed by atoms with Crippen LogP contribution in [0.3, 0.4) is 0 Å². The summed E-state index contributed by atoms with van der Waals surface area (Å²) in [5, 5.41) is 7.20. The molecule has 0 bridgehead atoms. The van der Waals surface area contributed by atoms with E-state index in [0.717, 1.165) is 30.8 Å². The molecule has 21 heavy (non-hydrogen) atoms. The maximum Gasteiger partial charge on any atom is 0.223 e. The molecule has 0 saturated carbocycles. The minimum atomic E-state index is 0.177. The third-order valence-corrected chi connectivity index (χ3v) is 4.34. The molecule has 0 radical (unpaired) electrons. The molecule has 1 fully saturated rings. The van der Waals surface area contributed by atoms with Crippen LogP contribution in [0.1, 0.15) is 55.5 Å². The molecule has 1 aromatic heterocycles. The maximum absolute atomic E-state index is 12.4. The highest BCUT2D eigenvalue weighted by Gasteiger charge is 2.22. The van der Waals surface area contributed by atoms with E-state index in [2.05, 4.69) is 17.1 Å². The molecule has 5 nitrogen and oxygen atoms in total. The minimum Gasteiger partial charge on any atom is -0.376 e. The topological polar surface area (TPSA) is 58.2 Å². The molecule has 0 aromatic carbocycles. The van der Waals surface area contributed by atoms with Crippen LogP contribution in [0, 0.1) is 13.8 Å². The minimum absolute atomic E-state index is 0.177. The summed E-state index contributed by atoms with van der Waals surface area (Å²) < 4.78 is 5.71. The van der Waals surface area contributed by atoms with Crippen LogP contribution < -0.4 is 0 Å². The molecule has 2 rings (SSSR count). The van der Waals surface area contributed by atoms with Crippen molar-refractivity contribution in [3.05, 3.63) is 17.0 Å². The Morgan fingerprint density at radius 1 is 1.48 bits per heavy atom. The molecule has 0 aliphatic carbocycles. The van der Waals surface area contributed by atoms with Gasteiger partial charge in [0.25, 0.3) is 0 Å². The number of likely N-dealkylation sites (N-methyl/N-ethyl adjacent to an activating group) is 1. The Morgan fingerprint density at radius 3 is 2.81 bits per heavy atom. The number of aromatic nitrogens is 2. The summed E-state index contributed by atoms with van der Waals surface area (Å²) in [4.78, 5) is 14.2. The second-order valence-corrected chi connectivity index (χ2v) is 6.22. The molecular formula is C16H27N3O2. The average molecular weight is 293 g/mol. The summed E-state index contributed by atoms with van der Waals surface area (Å²) in [6.07, 6.45) is 4.14. The Hall–Kier alpha value is -1.36. The zero-order valence-corrected chi connectivity index (χ0v) is 13.6. The van der Waals surface area contributed by atoms with Crippen molar-refractivity contribution in [2.45, 2.75) is 58.5 Å². The predicted molar refractivity (Wildman–Crippen MR) is 82.3 cm³/mol. The second kappa shape index (κ2) is 7.07. The van der Waals surface area contributed by atoms with Crippen molar-refractivity contribution in [3.63, 3.8) is 0 Å². The predicted octanol–water partition coefficient (Wildman–Crippen LogP) is 2.55. The normalized spacial score (nSPS) is 20.3. The lowest BCUT2D eigenvalue weighted by molar-refractivity contribution is -0.132. The van der Waals surface area contributed by atoms with Crippen LogP contribution in [-0.2, 0) is 9.53 Å². The third kappa shape index (κ3) is 4.06. The molecular weight excluding hydrogens is 266 g/mol. The van der Waals surface area contributed by atoms with Gasteiger partial charge < -0.3 is 9.64 Å². The van der Waals surface area contributed by atoms with Gasteiger partial charge >= 0.3 is 0 Å². The van der Waals surface area contributed by atoms with E-state index in [9.17, 15) is 4.79 Å². The van der Waals surface area contributed by atoms with E-state index in [-0.39, 0.29) is 17.9 Å². The van der Waals surface area contributed by atoms with Crippen LogP contribution in [0.15, 0.2) is 0 Å². The van der Waals surface area contributed by atoms with Gasteiger partial charge in [-0.15, -0.1) is 0 Å². The highest BCUT2D eigenvalue weighted by molar-refractivity contribution is 5.77. The number of amides is 1. The Labute approximate surface area is 127 Å². The van der Waals surface area contributed by atoms with Gasteiger partial charge in [-0.25, -0.2) is 0 Å². The van der Waals surface area contributed by atoms with Crippen molar-refractivity contribution >= 4 is 5.91 Å². The number of hydrogen-bond donors (Lipinski definition) is 1. The van der Waals surface area contributed by atoms with Gasteiger partial charge in [0.05, 0.1) is 11.8 Å². The quantitative estimate of drug-likeness (QED) is 0.907. The van der Waals surface area contributed by atoms with Gasteiger partial charge in [0.1, 0.15) is 0 Å². The van der Waals surface area contributed by atoms with Gasteiger partial charge in [0.2, 0.25) is 5.91 Å². The lowest BCUT2D eigenvalue weighted by Crippen LogP contribution is -2.37. The fraction of sp³-hybridized carbons (Fsp3) is 0.750. The molecule has 1 aromatic rings. The number of hydrogen-bond acceptors (Lipinski definition) is 3. The summed E-state index contributed by atoms with van der Waals surface area (Å²) in [6.45, 7) is 7.62. The SMILES string of the molecule is Cc1n[nH]c(C)c1C(C)CC(=O)N(C)CC1CCCCO1. The molecule has 118 valence electrons. The van der Waals surface area contributed by atoms with E-state index < -0.39 is 0 Å². The zero-order chi connectivity index (χ0) is 15.4. The van der Waals surface area contributed by atoms with E-state index >= 15 is 0 Å². The van der Waals surface area contributed by atoms with E-state index in [1.807, 2.05) is 25.8 Å². The number of nitrogens with zero attached hydrogens (tertiary/aromatic N) is 2. The molecule has 1 saturated heterocycles. The van der Waals surface area contributed by atoms with Gasteiger partial charge in [-0.1, -0.05) is 6.92 Å². The first-order valence-electron chi connectivity index (χ1n) is 7.86. The molecule has 1 N–H and O–H groups in total. The molecule has 0 spiro atoms. The summed E-state index contributed by atoms with van der Waals surface area (Å²) >= 11 is 0. The fourth-order valence-electron chi connectivity index (χ4n) is 3.16. The van der Waals surface area contributed by atoms with Crippen LogP contribution >= 0.6 is 0 Å². The van der Waals surface area contributed by atoms with E-state index in [0.29, 0.717) is 13.0 Å². The fourth-order valence-corrected chi connectivity index (χ4v) is 3.16. The third-order valence-electron chi connectivity index (χ3n) is 4.34. The van der Waals surface area contributed by atoms with Crippen molar-refractivity contribution in [1.29, 1.82) is 0 Å². The highest BCUT2D eigenvalue weighted by atomic mass is 16.5. The molecule has 1 aliphatic heterocycles. The van der Waals surface area contributed by atoms with Crippen molar-refractivity contribution in [1.82, 2.24) is 15.1 Å². The van der Waals surface area contributed by atoms with Crippen LogP contribution in [0.2, 0.25) is 0 Å². The van der Waals surface area contributed by atoms with Gasteiger partial charge in [-0.05, 0) is 44.6 Å². The first-order chi connectivity index (χ1) is 9.99. The standard InChI is InChI=1S/C16H27N3O2/c1-11(16-12(2)17-18-13(16)3)9-15(20)19(4)10-14-7-5-6-8-21-14/h11,14H,5-10H2,1-4H3,(H,17,18). The second-order valence-electron chi connectivity index (χ2n) is 6.22. The lowest BCUT2D eigenvalue weighted by atomic mass is 9.95. The number of aromatic amines is 1. The molecule has 1 aliphatic rings. The molecule has 2 heterocycles. The van der Waals surface area contributed by atoms with E-state index in [1.165, 1.54) is 12.0 Å². The number of rotatable bonds is 5. The molecule has 2 unspecified atom stereocenters. The van der Waals surface area contributed by atoms with Crippen LogP contribution in [0.5, 0.6) is 0 Å². The Kier molecular flexibility index (Phi) is 5.39. The van der Waals surface area contributed by atoms with Crippen molar-refractivity contribution in [2.24, 2.45) is 0 Å². The number of nitrogens with one attached hydrogen (secondary N) is 1. The Bertz CT molecular complexity index is 458. The summed E-state index contributed by atoms with van der Waals surface area (Å²) in [6, 6.07) is 0. The summed E-state index contributed by atoms with van der Waals surface area (Å²) in [7, 11) is 1.88. The maximum atomic E-state index is 12.4. The van der Waals surface area contributed by atoms with Crippen molar-refractivity contribution < 1.29 is 9.53 Å². The Balaban J connectivity index is 1.88. The van der Waals surface area contributed by atoms with Crippen molar-refractivity contribution in [2.75, 3.05) is 20.2 Å². The van der Waals surface area contributed by atoms with Gasteiger partial charge in [-0.3, -0.25) is 9.89 Å². The van der Waals surface area contributed by atoms with Gasteiger partial charge in [-0.2, -0.15) is 5.10 Å². The van der Waals surface area contributed by atoms with E-state index in [1.54, 1.807) is 0 Å². The van der Waals surface area contributed by atoms with Gasteiger partial charge in [0.15, 0.2) is 0 Å². The smallest absolute Gasteiger partial charge is 0.223 e. The summed E-state index contributed by atoms with van der Waals surface area (Å²) in [5.74, 6) is 0.364. The highest BCUT2D eigenvalue weighted by Crippen LogP contribution is 2.25. The molecule has 1 amide bonds. The monoisotopic (exact) mass is 293 g/mol. The van der Waals surface area contributed by atoms with Crippen LogP contribution in [0.4, 0.5) is 0 Å². The molecule has 5 heteroatoms. The number of aryl methyl sites for hydroxylation is 2. The summed E-state index contributed by atoms with van der Waals surface area (Å²) in [5.41, 5.74) is 3.22.